The van der Waals surface area contributed by atoms with Crippen molar-refractivity contribution < 1.29 is 23.1 Å². The van der Waals surface area contributed by atoms with Gasteiger partial charge in [-0.2, -0.15) is 0 Å². The third-order valence-corrected chi connectivity index (χ3v) is 5.61. The maximum Gasteiger partial charge on any atom is 0.303 e. The summed E-state index contributed by atoms with van der Waals surface area (Å²) in [4.78, 5) is 22.6. The number of sulfonamides is 1. The standard InChI is InChI=1S/C16H21NO5S/c1-16(2,9-8-15(19)20)17-23(21,22)12-7-6-11-4-3-5-14(18)13(11)10-12/h6-7,10,17H,3-5,8-9H2,1-2H3,(H,19,20). The second kappa shape index (κ2) is 6.41. The van der Waals surface area contributed by atoms with Crippen LogP contribution in [0.4, 0.5) is 0 Å². The number of hydrogen-bond acceptors (Lipinski definition) is 4. The van der Waals surface area contributed by atoms with Crippen molar-refractivity contribution in [1.29, 1.82) is 0 Å². The topological polar surface area (TPSA) is 101 Å². The zero-order valence-electron chi connectivity index (χ0n) is 13.3. The highest BCUT2D eigenvalue weighted by Crippen LogP contribution is 2.25. The smallest absolute Gasteiger partial charge is 0.303 e. The van der Waals surface area contributed by atoms with E-state index in [1.807, 2.05) is 0 Å². The fourth-order valence-corrected chi connectivity index (χ4v) is 4.14. The number of benzene rings is 1. The van der Waals surface area contributed by atoms with E-state index in [-0.39, 0.29) is 23.5 Å². The maximum absolute atomic E-state index is 12.5. The Hall–Kier alpha value is -1.73. The summed E-state index contributed by atoms with van der Waals surface area (Å²) >= 11 is 0. The highest BCUT2D eigenvalue weighted by Gasteiger charge is 2.28. The Kier molecular flexibility index (Phi) is 4.91. The Morgan fingerprint density at radius 1 is 1.30 bits per heavy atom. The third-order valence-electron chi connectivity index (χ3n) is 3.92. The molecule has 0 atom stereocenters. The van der Waals surface area contributed by atoms with E-state index in [9.17, 15) is 18.0 Å². The van der Waals surface area contributed by atoms with Crippen LogP contribution in [0.25, 0.3) is 0 Å². The first-order valence-corrected chi connectivity index (χ1v) is 9.01. The van der Waals surface area contributed by atoms with Gasteiger partial charge in [0, 0.05) is 23.9 Å². The fourth-order valence-electron chi connectivity index (χ4n) is 2.67. The summed E-state index contributed by atoms with van der Waals surface area (Å²) < 4.78 is 27.6. The van der Waals surface area contributed by atoms with Crippen LogP contribution in [-0.4, -0.2) is 30.8 Å². The van der Waals surface area contributed by atoms with Gasteiger partial charge in [-0.25, -0.2) is 13.1 Å². The summed E-state index contributed by atoms with van der Waals surface area (Å²) in [5.41, 5.74) is 0.463. The minimum Gasteiger partial charge on any atom is -0.481 e. The predicted molar refractivity (Wildman–Crippen MR) is 85.0 cm³/mol. The van der Waals surface area contributed by atoms with Crippen molar-refractivity contribution in [1.82, 2.24) is 4.72 Å². The molecule has 0 bridgehead atoms. The van der Waals surface area contributed by atoms with Crippen molar-refractivity contribution in [3.05, 3.63) is 29.3 Å². The molecular formula is C16H21NO5S. The number of carbonyl (C=O) groups is 2. The molecule has 7 heteroatoms. The lowest BCUT2D eigenvalue weighted by Gasteiger charge is -2.25. The monoisotopic (exact) mass is 339 g/mol. The first kappa shape index (κ1) is 17.6. The molecule has 6 nitrogen and oxygen atoms in total. The molecular weight excluding hydrogens is 318 g/mol. The zero-order chi connectivity index (χ0) is 17.3. The van der Waals surface area contributed by atoms with Crippen LogP contribution in [0.15, 0.2) is 23.1 Å². The van der Waals surface area contributed by atoms with Gasteiger partial charge in [0.05, 0.1) is 4.90 Å². The molecule has 2 N–H and O–H groups in total. The van der Waals surface area contributed by atoms with Gasteiger partial charge in [0.2, 0.25) is 10.0 Å². The number of carbonyl (C=O) groups excluding carboxylic acids is 1. The number of aliphatic carboxylic acids is 1. The van der Waals surface area contributed by atoms with E-state index in [0.717, 1.165) is 18.4 Å². The van der Waals surface area contributed by atoms with Crippen LogP contribution in [0.5, 0.6) is 0 Å². The Balaban J connectivity index is 2.24. The lowest BCUT2D eigenvalue weighted by Crippen LogP contribution is -2.43. The number of hydrogen-bond donors (Lipinski definition) is 2. The van der Waals surface area contributed by atoms with Crippen molar-refractivity contribution in [2.45, 2.75) is 56.4 Å². The van der Waals surface area contributed by atoms with Crippen LogP contribution in [-0.2, 0) is 21.2 Å². The average Bonchev–Trinajstić information content (AvgIpc) is 2.44. The molecule has 126 valence electrons. The van der Waals surface area contributed by atoms with Crippen LogP contribution in [0.1, 0.15) is 55.5 Å². The number of aryl methyl sites for hydroxylation is 1. The summed E-state index contributed by atoms with van der Waals surface area (Å²) in [5.74, 6) is -1.01. The zero-order valence-corrected chi connectivity index (χ0v) is 14.1. The van der Waals surface area contributed by atoms with Crippen molar-refractivity contribution in [2.24, 2.45) is 0 Å². The second-order valence-corrected chi connectivity index (χ2v) is 8.16. The number of carboxylic acids is 1. The molecule has 1 aromatic carbocycles. The molecule has 0 fully saturated rings. The lowest BCUT2D eigenvalue weighted by atomic mass is 9.91. The minimum atomic E-state index is -3.82. The van der Waals surface area contributed by atoms with Gasteiger partial charge in [-0.1, -0.05) is 6.07 Å². The van der Waals surface area contributed by atoms with E-state index in [1.165, 1.54) is 12.1 Å². The molecule has 1 aliphatic carbocycles. The van der Waals surface area contributed by atoms with Gasteiger partial charge in [-0.15, -0.1) is 0 Å². The second-order valence-electron chi connectivity index (χ2n) is 6.48. The number of ketones is 1. The van der Waals surface area contributed by atoms with E-state index in [1.54, 1.807) is 19.9 Å². The summed E-state index contributed by atoms with van der Waals surface area (Å²) in [7, 11) is -3.82. The number of carboxylic acid groups (broad SMARTS) is 1. The van der Waals surface area contributed by atoms with Gasteiger partial charge in [-0.05, 0) is 50.8 Å². The van der Waals surface area contributed by atoms with E-state index < -0.39 is 21.5 Å². The molecule has 0 spiro atoms. The SMILES string of the molecule is CC(C)(CCC(=O)O)NS(=O)(=O)c1ccc2c(c1)C(=O)CCC2. The molecule has 0 amide bonds. The first-order chi connectivity index (χ1) is 10.6. The van der Waals surface area contributed by atoms with Crippen LogP contribution in [0.3, 0.4) is 0 Å². The average molecular weight is 339 g/mol. The molecule has 23 heavy (non-hydrogen) atoms. The van der Waals surface area contributed by atoms with E-state index in [0.29, 0.717) is 12.0 Å². The van der Waals surface area contributed by atoms with Crippen LogP contribution in [0.2, 0.25) is 0 Å². The Morgan fingerprint density at radius 3 is 2.65 bits per heavy atom. The highest BCUT2D eigenvalue weighted by molar-refractivity contribution is 7.89. The Bertz CT molecular complexity index is 737. The van der Waals surface area contributed by atoms with Crippen molar-refractivity contribution in [3.63, 3.8) is 0 Å². The third kappa shape index (κ3) is 4.39. The quantitative estimate of drug-likeness (QED) is 0.827. The molecule has 0 unspecified atom stereocenters. The molecule has 0 radical (unpaired) electrons. The van der Waals surface area contributed by atoms with Crippen LogP contribution in [0, 0.1) is 0 Å². The van der Waals surface area contributed by atoms with Gasteiger partial charge < -0.3 is 5.11 Å². The summed E-state index contributed by atoms with van der Waals surface area (Å²) in [5, 5.41) is 8.74. The maximum atomic E-state index is 12.5. The Morgan fingerprint density at radius 2 is 2.00 bits per heavy atom. The minimum absolute atomic E-state index is 0.0339. The molecule has 0 saturated heterocycles. The number of fused-ring (bicyclic) bond motifs is 1. The number of rotatable bonds is 6. The summed E-state index contributed by atoms with van der Waals surface area (Å²) in [6.45, 7) is 3.27. The van der Waals surface area contributed by atoms with Crippen molar-refractivity contribution in [3.8, 4) is 0 Å². The lowest BCUT2D eigenvalue weighted by molar-refractivity contribution is -0.137. The van der Waals surface area contributed by atoms with Crippen LogP contribution < -0.4 is 4.72 Å². The van der Waals surface area contributed by atoms with E-state index >= 15 is 0 Å². The van der Waals surface area contributed by atoms with Gasteiger partial charge in [-0.3, -0.25) is 9.59 Å². The van der Waals surface area contributed by atoms with E-state index in [2.05, 4.69) is 4.72 Å². The van der Waals surface area contributed by atoms with Gasteiger partial charge in [0.25, 0.3) is 0 Å². The summed E-state index contributed by atoms with van der Waals surface area (Å²) in [6, 6.07) is 4.60. The molecule has 2 rings (SSSR count). The largest absolute Gasteiger partial charge is 0.481 e. The van der Waals surface area contributed by atoms with Crippen LogP contribution >= 0.6 is 0 Å². The number of nitrogens with one attached hydrogen (secondary N) is 1. The number of Topliss-reactive ketones (excluding diaryl/α,β-unsaturated/α-hetero) is 1. The first-order valence-electron chi connectivity index (χ1n) is 7.53. The Labute approximate surface area is 136 Å². The van der Waals surface area contributed by atoms with Crippen molar-refractivity contribution in [2.75, 3.05) is 0 Å². The predicted octanol–water partition coefficient (Wildman–Crippen LogP) is 2.13. The molecule has 0 aromatic heterocycles. The van der Waals surface area contributed by atoms with Gasteiger partial charge in [0.15, 0.2) is 5.78 Å². The molecule has 1 aromatic rings. The van der Waals surface area contributed by atoms with Gasteiger partial charge in [0.1, 0.15) is 0 Å². The molecule has 1 aliphatic rings. The summed E-state index contributed by atoms with van der Waals surface area (Å²) in [6.07, 6.45) is 2.05. The van der Waals surface area contributed by atoms with Crippen molar-refractivity contribution >= 4 is 21.8 Å². The highest BCUT2D eigenvalue weighted by atomic mass is 32.2. The van der Waals surface area contributed by atoms with Gasteiger partial charge >= 0.3 is 5.97 Å². The normalized spacial score (nSPS) is 15.3. The molecule has 0 saturated carbocycles. The molecule has 0 aliphatic heterocycles. The van der Waals surface area contributed by atoms with E-state index in [4.69, 9.17) is 5.11 Å². The fraction of sp³-hybridized carbons (Fsp3) is 0.500. The molecule has 0 heterocycles.